The molecule has 172 valence electrons. The fourth-order valence-corrected chi connectivity index (χ4v) is 5.71. The number of aryl methyl sites for hydroxylation is 1. The highest BCUT2D eigenvalue weighted by Crippen LogP contribution is 2.20. The number of nitrogens with zero attached hydrogens (tertiary/aromatic N) is 3. The second kappa shape index (κ2) is 9.68. The second-order valence-electron chi connectivity index (χ2n) is 7.93. The molecule has 1 aromatic heterocycles. The van der Waals surface area contributed by atoms with Gasteiger partial charge in [0, 0.05) is 29.9 Å². The highest BCUT2D eigenvalue weighted by atomic mass is 32.2. The molecule has 9 heteroatoms. The number of esters is 1. The van der Waals surface area contributed by atoms with Crippen LogP contribution in [0.15, 0.2) is 36.4 Å². The third-order valence-electron chi connectivity index (χ3n) is 5.65. The maximum absolute atomic E-state index is 12.8. The van der Waals surface area contributed by atoms with Crippen LogP contribution in [0, 0.1) is 13.8 Å². The number of ether oxygens (including phenoxy) is 1. The normalized spacial score (nSPS) is 18.6. The number of amides is 1. The summed E-state index contributed by atoms with van der Waals surface area (Å²) < 4.78 is 30.6. The number of sulfone groups is 1. The summed E-state index contributed by atoms with van der Waals surface area (Å²) in [6.07, 6.45) is 2.32. The van der Waals surface area contributed by atoms with E-state index in [4.69, 9.17) is 4.74 Å². The summed E-state index contributed by atoms with van der Waals surface area (Å²) in [6.45, 7) is 7.42. The minimum absolute atomic E-state index is 0.0445. The molecular weight excluding hydrogens is 430 g/mol. The largest absolute Gasteiger partial charge is 0.449 e. The fraction of sp³-hybridized carbons (Fsp3) is 0.435. The molecule has 2 aromatic rings. The topological polar surface area (TPSA) is 98.6 Å². The van der Waals surface area contributed by atoms with Gasteiger partial charge < -0.3 is 9.64 Å². The van der Waals surface area contributed by atoms with Crippen LogP contribution >= 0.6 is 0 Å². The molecule has 2 heterocycles. The van der Waals surface area contributed by atoms with Crippen molar-refractivity contribution < 1.29 is 22.7 Å². The molecule has 0 saturated carbocycles. The number of likely N-dealkylation sites (N-methyl/N-ethyl adjacent to an activating group) is 1. The lowest BCUT2D eigenvalue weighted by Crippen LogP contribution is -2.46. The number of rotatable bonds is 7. The molecule has 0 aliphatic carbocycles. The molecule has 8 nitrogen and oxygen atoms in total. The highest BCUT2D eigenvalue weighted by Gasteiger charge is 2.36. The van der Waals surface area contributed by atoms with Crippen LogP contribution in [-0.2, 0) is 24.2 Å². The molecule has 1 fully saturated rings. The molecule has 0 unspecified atom stereocenters. The van der Waals surface area contributed by atoms with Crippen molar-refractivity contribution in [3.63, 3.8) is 0 Å². The van der Waals surface area contributed by atoms with Crippen LogP contribution in [0.25, 0.3) is 11.8 Å². The van der Waals surface area contributed by atoms with Crippen LogP contribution in [0.3, 0.4) is 0 Å². The smallest absolute Gasteiger partial charge is 0.331 e. The number of carbonyl (C=O) groups excluding carboxylic acids is 2. The highest BCUT2D eigenvalue weighted by molar-refractivity contribution is 7.91. The third kappa shape index (κ3) is 5.27. The summed E-state index contributed by atoms with van der Waals surface area (Å²) in [5, 5.41) is 4.54. The van der Waals surface area contributed by atoms with Crippen LogP contribution in [0.5, 0.6) is 0 Å². The van der Waals surface area contributed by atoms with Gasteiger partial charge in [-0.2, -0.15) is 5.10 Å². The molecule has 1 aromatic carbocycles. The first kappa shape index (κ1) is 23.7. The van der Waals surface area contributed by atoms with Crippen LogP contribution in [0.2, 0.25) is 0 Å². The Hall–Kier alpha value is -2.94. The maximum Gasteiger partial charge on any atom is 0.331 e. The van der Waals surface area contributed by atoms with E-state index in [9.17, 15) is 18.0 Å². The molecule has 3 rings (SSSR count). The van der Waals surface area contributed by atoms with E-state index in [0.717, 1.165) is 22.6 Å². The molecule has 1 aliphatic heterocycles. The third-order valence-corrected chi connectivity index (χ3v) is 7.40. The SMILES string of the molecule is CCN(C(=O)[C@H](C)OC(=O)/C=C/c1c(C)nn(-c2ccccc2)c1C)[C@H]1CCS(=O)(=O)C1. The molecule has 0 N–H and O–H groups in total. The van der Waals surface area contributed by atoms with Crippen molar-refractivity contribution in [3.8, 4) is 5.69 Å². The van der Waals surface area contributed by atoms with Crippen molar-refractivity contribution in [2.24, 2.45) is 0 Å². The number of carbonyl (C=O) groups is 2. The van der Waals surface area contributed by atoms with E-state index in [0.29, 0.717) is 13.0 Å². The summed E-state index contributed by atoms with van der Waals surface area (Å²) in [5.74, 6) is -1.00. The van der Waals surface area contributed by atoms with Gasteiger partial charge in [0.25, 0.3) is 5.91 Å². The zero-order chi connectivity index (χ0) is 23.5. The predicted molar refractivity (Wildman–Crippen MR) is 122 cm³/mol. The molecule has 0 spiro atoms. The van der Waals surface area contributed by atoms with E-state index in [2.05, 4.69) is 5.10 Å². The molecule has 0 radical (unpaired) electrons. The maximum atomic E-state index is 12.8. The summed E-state index contributed by atoms with van der Waals surface area (Å²) in [6, 6.07) is 9.31. The van der Waals surface area contributed by atoms with Crippen molar-refractivity contribution in [1.29, 1.82) is 0 Å². The average molecular weight is 460 g/mol. The Balaban J connectivity index is 1.66. The molecule has 1 aliphatic rings. The molecule has 2 atom stereocenters. The number of hydrogen-bond acceptors (Lipinski definition) is 6. The van der Waals surface area contributed by atoms with E-state index in [1.807, 2.05) is 44.2 Å². The van der Waals surface area contributed by atoms with Crippen molar-refractivity contribution >= 4 is 27.8 Å². The Bertz CT molecular complexity index is 1120. The number of aromatic nitrogens is 2. The first-order chi connectivity index (χ1) is 15.1. The minimum atomic E-state index is -3.12. The second-order valence-corrected chi connectivity index (χ2v) is 10.2. The van der Waals surface area contributed by atoms with Gasteiger partial charge in [0.1, 0.15) is 0 Å². The van der Waals surface area contributed by atoms with Crippen molar-refractivity contribution in [3.05, 3.63) is 53.4 Å². The van der Waals surface area contributed by atoms with Crippen molar-refractivity contribution in [1.82, 2.24) is 14.7 Å². The van der Waals surface area contributed by atoms with E-state index in [1.165, 1.54) is 17.9 Å². The van der Waals surface area contributed by atoms with Gasteiger partial charge in [-0.15, -0.1) is 0 Å². The first-order valence-electron chi connectivity index (χ1n) is 10.6. The summed E-state index contributed by atoms with van der Waals surface area (Å²) >= 11 is 0. The van der Waals surface area contributed by atoms with Gasteiger partial charge in [0.05, 0.1) is 22.9 Å². The lowest BCUT2D eigenvalue weighted by Gasteiger charge is -2.29. The van der Waals surface area contributed by atoms with Gasteiger partial charge in [-0.3, -0.25) is 4.79 Å². The van der Waals surface area contributed by atoms with E-state index in [1.54, 1.807) is 17.7 Å². The van der Waals surface area contributed by atoms with E-state index >= 15 is 0 Å². The molecule has 1 amide bonds. The van der Waals surface area contributed by atoms with Crippen molar-refractivity contribution in [2.75, 3.05) is 18.1 Å². The number of hydrogen-bond donors (Lipinski definition) is 0. The van der Waals surface area contributed by atoms with Gasteiger partial charge in [-0.1, -0.05) is 18.2 Å². The van der Waals surface area contributed by atoms with Crippen molar-refractivity contribution in [2.45, 2.75) is 46.3 Å². The number of para-hydroxylation sites is 1. The predicted octanol–water partition coefficient (Wildman–Crippen LogP) is 2.47. The summed E-state index contributed by atoms with van der Waals surface area (Å²) in [5.41, 5.74) is 3.36. The lowest BCUT2D eigenvalue weighted by molar-refractivity contribution is -0.156. The van der Waals surface area contributed by atoms with Crippen LogP contribution in [0.4, 0.5) is 0 Å². The van der Waals surface area contributed by atoms with Gasteiger partial charge in [-0.05, 0) is 52.3 Å². The van der Waals surface area contributed by atoms with Gasteiger partial charge in [0.15, 0.2) is 15.9 Å². The Labute approximate surface area is 188 Å². The molecular formula is C23H29N3O5S. The molecule has 0 bridgehead atoms. The Kier molecular flexibility index (Phi) is 7.18. The zero-order valence-electron chi connectivity index (χ0n) is 18.8. The van der Waals surface area contributed by atoms with E-state index in [-0.39, 0.29) is 23.5 Å². The van der Waals surface area contributed by atoms with Crippen LogP contribution in [-0.4, -0.2) is 65.2 Å². The Morgan fingerprint density at radius 3 is 2.56 bits per heavy atom. The Morgan fingerprint density at radius 2 is 1.97 bits per heavy atom. The quantitative estimate of drug-likeness (QED) is 0.466. The van der Waals surface area contributed by atoms with Gasteiger partial charge in [-0.25, -0.2) is 17.9 Å². The van der Waals surface area contributed by atoms with Crippen LogP contribution < -0.4 is 0 Å². The summed E-state index contributed by atoms with van der Waals surface area (Å²) in [7, 11) is -3.12. The lowest BCUT2D eigenvalue weighted by atomic mass is 10.2. The standard InChI is InChI=1S/C23H29N3O5S/c1-5-25(20-13-14-32(29,30)15-20)23(28)18(4)31-22(27)12-11-21-16(2)24-26(17(21)3)19-9-7-6-8-10-19/h6-12,18,20H,5,13-15H2,1-4H3/b12-11+/t18-,20-/m0/s1. The Morgan fingerprint density at radius 1 is 1.28 bits per heavy atom. The van der Waals surface area contributed by atoms with E-state index < -0.39 is 21.9 Å². The summed E-state index contributed by atoms with van der Waals surface area (Å²) in [4.78, 5) is 26.6. The molecule has 1 saturated heterocycles. The molecule has 32 heavy (non-hydrogen) atoms. The average Bonchev–Trinajstić information content (AvgIpc) is 3.25. The minimum Gasteiger partial charge on any atom is -0.449 e. The number of benzene rings is 1. The first-order valence-corrected chi connectivity index (χ1v) is 12.5. The van der Waals surface area contributed by atoms with Crippen LogP contribution in [0.1, 0.15) is 37.2 Å². The van der Waals surface area contributed by atoms with Gasteiger partial charge in [0.2, 0.25) is 0 Å². The monoisotopic (exact) mass is 459 g/mol. The van der Waals surface area contributed by atoms with Gasteiger partial charge >= 0.3 is 5.97 Å². The fourth-order valence-electron chi connectivity index (χ4n) is 3.98. The zero-order valence-corrected chi connectivity index (χ0v) is 19.6.